The van der Waals surface area contributed by atoms with Gasteiger partial charge in [-0.1, -0.05) is 0 Å². The minimum absolute atomic E-state index is 0.00536. The van der Waals surface area contributed by atoms with E-state index in [9.17, 15) is 9.59 Å². The third-order valence-corrected chi connectivity index (χ3v) is 1.65. The Kier molecular flexibility index (Phi) is 3.01. The topological polar surface area (TPSA) is 64.0 Å². The minimum Gasteiger partial charge on any atom is -0.348 e. The number of hydrogen-bond acceptors (Lipinski definition) is 3. The molecule has 0 aliphatic heterocycles. The normalized spacial score (nSPS) is 10.3. The van der Waals surface area contributed by atoms with Crippen LogP contribution in [0.1, 0.15) is 24.3 Å². The van der Waals surface area contributed by atoms with Gasteiger partial charge < -0.3 is 9.88 Å². The molecule has 0 aliphatic carbocycles. The lowest BCUT2D eigenvalue weighted by molar-refractivity contribution is 0.0935. The monoisotopic (exact) mass is 195 g/mol. The van der Waals surface area contributed by atoms with Gasteiger partial charge in [0.05, 0.1) is 0 Å². The van der Waals surface area contributed by atoms with Crippen molar-refractivity contribution in [2.24, 2.45) is 7.05 Å². The SMILES string of the molecule is CC(C)NC(=O)c1nccn(C)c1=O. The van der Waals surface area contributed by atoms with Crippen molar-refractivity contribution in [2.45, 2.75) is 19.9 Å². The van der Waals surface area contributed by atoms with E-state index in [4.69, 9.17) is 0 Å². The molecule has 0 unspecified atom stereocenters. The Morgan fingerprint density at radius 2 is 2.21 bits per heavy atom. The molecule has 5 nitrogen and oxygen atoms in total. The summed E-state index contributed by atoms with van der Waals surface area (Å²) in [4.78, 5) is 26.6. The van der Waals surface area contributed by atoms with Crippen LogP contribution in [0.3, 0.4) is 0 Å². The average molecular weight is 195 g/mol. The first-order valence-corrected chi connectivity index (χ1v) is 4.35. The maximum Gasteiger partial charge on any atom is 0.281 e. The number of hydrogen-bond donors (Lipinski definition) is 1. The lowest BCUT2D eigenvalue weighted by Gasteiger charge is -2.07. The highest BCUT2D eigenvalue weighted by atomic mass is 16.2. The molecule has 0 saturated carbocycles. The van der Waals surface area contributed by atoms with E-state index < -0.39 is 5.91 Å². The molecule has 0 aromatic carbocycles. The summed E-state index contributed by atoms with van der Waals surface area (Å²) in [6.45, 7) is 3.65. The van der Waals surface area contributed by atoms with Crippen LogP contribution in [0.5, 0.6) is 0 Å². The predicted molar refractivity (Wildman–Crippen MR) is 52.1 cm³/mol. The van der Waals surface area contributed by atoms with Crippen LogP contribution in [0.25, 0.3) is 0 Å². The van der Waals surface area contributed by atoms with Crippen LogP contribution < -0.4 is 10.9 Å². The van der Waals surface area contributed by atoms with E-state index in [1.54, 1.807) is 7.05 Å². The number of carbonyl (C=O) groups is 1. The third kappa shape index (κ3) is 2.18. The maximum atomic E-state index is 11.4. The van der Waals surface area contributed by atoms with Crippen LogP contribution in [0.4, 0.5) is 0 Å². The first-order valence-electron chi connectivity index (χ1n) is 4.35. The Morgan fingerprint density at radius 3 is 2.79 bits per heavy atom. The number of aryl methyl sites for hydroxylation is 1. The summed E-state index contributed by atoms with van der Waals surface area (Å²) >= 11 is 0. The van der Waals surface area contributed by atoms with Gasteiger partial charge in [0.15, 0.2) is 5.69 Å². The van der Waals surface area contributed by atoms with Crippen molar-refractivity contribution >= 4 is 5.91 Å². The number of amides is 1. The zero-order valence-corrected chi connectivity index (χ0v) is 8.44. The second-order valence-corrected chi connectivity index (χ2v) is 3.32. The number of nitrogens with one attached hydrogen (secondary N) is 1. The largest absolute Gasteiger partial charge is 0.348 e. The smallest absolute Gasteiger partial charge is 0.281 e. The molecule has 0 atom stereocenters. The number of rotatable bonds is 2. The minimum atomic E-state index is -0.429. The highest BCUT2D eigenvalue weighted by Gasteiger charge is 2.13. The molecule has 1 rings (SSSR count). The molecule has 5 heteroatoms. The fraction of sp³-hybridized carbons (Fsp3) is 0.444. The van der Waals surface area contributed by atoms with Gasteiger partial charge in [-0.2, -0.15) is 0 Å². The van der Waals surface area contributed by atoms with Crippen molar-refractivity contribution in [3.8, 4) is 0 Å². The van der Waals surface area contributed by atoms with Crippen LogP contribution in [0.15, 0.2) is 17.2 Å². The van der Waals surface area contributed by atoms with E-state index in [2.05, 4.69) is 10.3 Å². The van der Waals surface area contributed by atoms with E-state index in [-0.39, 0.29) is 17.3 Å². The van der Waals surface area contributed by atoms with Crippen molar-refractivity contribution in [3.63, 3.8) is 0 Å². The highest BCUT2D eigenvalue weighted by molar-refractivity contribution is 5.91. The van der Waals surface area contributed by atoms with Gasteiger partial charge in [0, 0.05) is 25.5 Å². The summed E-state index contributed by atoms with van der Waals surface area (Å²) in [5.74, 6) is -0.429. The molecule has 0 fully saturated rings. The van der Waals surface area contributed by atoms with Gasteiger partial charge in [-0.25, -0.2) is 4.98 Å². The number of carbonyl (C=O) groups excluding carboxylic acids is 1. The average Bonchev–Trinajstić information content (AvgIpc) is 2.08. The molecular weight excluding hydrogens is 182 g/mol. The summed E-state index contributed by atoms with van der Waals surface area (Å²) in [6, 6.07) is -0.00536. The van der Waals surface area contributed by atoms with E-state index in [1.807, 2.05) is 13.8 Å². The van der Waals surface area contributed by atoms with Gasteiger partial charge in [-0.3, -0.25) is 9.59 Å². The van der Waals surface area contributed by atoms with Crippen LogP contribution in [0, 0.1) is 0 Å². The molecule has 1 N–H and O–H groups in total. The standard InChI is InChI=1S/C9H13N3O2/c1-6(2)11-8(13)7-9(14)12(3)5-4-10-7/h4-6H,1-3H3,(H,11,13). The third-order valence-electron chi connectivity index (χ3n) is 1.65. The van der Waals surface area contributed by atoms with Gasteiger partial charge >= 0.3 is 0 Å². The molecular formula is C9H13N3O2. The lowest BCUT2D eigenvalue weighted by Crippen LogP contribution is -2.36. The molecule has 1 amide bonds. The quantitative estimate of drug-likeness (QED) is 0.717. The predicted octanol–water partition coefficient (Wildman–Crippen LogP) is -0.0815. The van der Waals surface area contributed by atoms with Gasteiger partial charge in [0.25, 0.3) is 11.5 Å². The van der Waals surface area contributed by atoms with Crippen LogP contribution >= 0.6 is 0 Å². The molecule has 1 heterocycles. The molecule has 1 aromatic heterocycles. The van der Waals surface area contributed by atoms with Crippen LogP contribution in [-0.2, 0) is 7.05 Å². The van der Waals surface area contributed by atoms with E-state index in [1.165, 1.54) is 17.0 Å². The summed E-state index contributed by atoms with van der Waals surface area (Å²) in [7, 11) is 1.58. The molecule has 0 saturated heterocycles. The Bertz CT molecular complexity index is 395. The van der Waals surface area contributed by atoms with Crippen molar-refractivity contribution in [1.82, 2.24) is 14.9 Å². The molecule has 76 valence electrons. The molecule has 0 aliphatic rings. The van der Waals surface area contributed by atoms with E-state index >= 15 is 0 Å². The van der Waals surface area contributed by atoms with E-state index in [0.29, 0.717) is 0 Å². The highest BCUT2D eigenvalue weighted by Crippen LogP contribution is 1.87. The van der Waals surface area contributed by atoms with Crippen molar-refractivity contribution in [3.05, 3.63) is 28.4 Å². The summed E-state index contributed by atoms with van der Waals surface area (Å²) < 4.78 is 1.32. The zero-order valence-electron chi connectivity index (χ0n) is 8.44. The number of aromatic nitrogens is 2. The fourth-order valence-corrected chi connectivity index (χ4v) is 0.984. The van der Waals surface area contributed by atoms with E-state index in [0.717, 1.165) is 0 Å². The Morgan fingerprint density at radius 1 is 1.57 bits per heavy atom. The molecule has 1 aromatic rings. The molecule has 0 bridgehead atoms. The Labute approximate surface area is 81.8 Å². The Balaban J connectivity index is 3.02. The molecule has 0 spiro atoms. The lowest BCUT2D eigenvalue weighted by atomic mass is 10.3. The van der Waals surface area contributed by atoms with Gasteiger partial charge in [0.2, 0.25) is 0 Å². The van der Waals surface area contributed by atoms with Crippen molar-refractivity contribution < 1.29 is 4.79 Å². The Hall–Kier alpha value is -1.65. The van der Waals surface area contributed by atoms with Gasteiger partial charge in [-0.15, -0.1) is 0 Å². The van der Waals surface area contributed by atoms with Crippen LogP contribution in [-0.4, -0.2) is 21.5 Å². The summed E-state index contributed by atoms with van der Waals surface area (Å²) in [5.41, 5.74) is -0.450. The second kappa shape index (κ2) is 4.04. The maximum absolute atomic E-state index is 11.4. The molecule has 14 heavy (non-hydrogen) atoms. The number of nitrogens with zero attached hydrogens (tertiary/aromatic N) is 2. The first-order chi connectivity index (χ1) is 6.52. The summed E-state index contributed by atoms with van der Waals surface area (Å²) in [5, 5.41) is 2.61. The van der Waals surface area contributed by atoms with Crippen LogP contribution in [0.2, 0.25) is 0 Å². The fourth-order valence-electron chi connectivity index (χ4n) is 0.984. The van der Waals surface area contributed by atoms with Gasteiger partial charge in [0.1, 0.15) is 0 Å². The van der Waals surface area contributed by atoms with Crippen molar-refractivity contribution in [2.75, 3.05) is 0 Å². The zero-order chi connectivity index (χ0) is 10.7. The summed E-state index contributed by atoms with van der Waals surface area (Å²) in [6.07, 6.45) is 2.94. The molecule has 0 radical (unpaired) electrons. The van der Waals surface area contributed by atoms with Crippen molar-refractivity contribution in [1.29, 1.82) is 0 Å². The second-order valence-electron chi connectivity index (χ2n) is 3.32. The first kappa shape index (κ1) is 10.4. The van der Waals surface area contributed by atoms with Gasteiger partial charge in [-0.05, 0) is 13.8 Å².